The first-order valence-corrected chi connectivity index (χ1v) is 5.28. The van der Waals surface area contributed by atoms with Crippen molar-refractivity contribution >= 4 is 33.7 Å². The van der Waals surface area contributed by atoms with Crippen LogP contribution in [0.3, 0.4) is 0 Å². The summed E-state index contributed by atoms with van der Waals surface area (Å²) in [4.78, 5) is 22.4. The summed E-state index contributed by atoms with van der Waals surface area (Å²) >= 11 is 10.9. The van der Waals surface area contributed by atoms with Gasteiger partial charge in [-0.1, -0.05) is 30.3 Å². The van der Waals surface area contributed by atoms with Crippen LogP contribution in [-0.2, 0) is 0 Å². The lowest BCUT2D eigenvalue weighted by Gasteiger charge is -1.96. The van der Waals surface area contributed by atoms with Crippen LogP contribution in [0, 0.1) is 0 Å². The highest BCUT2D eigenvalue weighted by Crippen LogP contribution is 2.33. The monoisotopic (exact) mass is 252 g/mol. The topological polar surface area (TPSA) is 34.1 Å². The Labute approximate surface area is 102 Å². The van der Waals surface area contributed by atoms with E-state index in [0.29, 0.717) is 22.3 Å². The van der Waals surface area contributed by atoms with Crippen molar-refractivity contribution < 1.29 is 9.59 Å². The molecule has 4 heteroatoms. The average molecular weight is 253 g/mol. The van der Waals surface area contributed by atoms with Crippen LogP contribution >= 0.6 is 23.2 Å². The molecule has 2 aliphatic rings. The van der Waals surface area contributed by atoms with Crippen molar-refractivity contribution in [3.05, 3.63) is 47.5 Å². The molecule has 0 aliphatic heterocycles. The average Bonchev–Trinajstić information content (AvgIpc) is 2.41. The van der Waals surface area contributed by atoms with Crippen LogP contribution in [0.1, 0.15) is 20.7 Å². The van der Waals surface area contributed by atoms with E-state index in [1.807, 2.05) is 0 Å². The Morgan fingerprint density at radius 1 is 0.812 bits per heavy atom. The number of carbonyl (C=O) groups is 2. The smallest absolute Gasteiger partial charge is 0.253 e. The Morgan fingerprint density at radius 3 is 1.62 bits per heavy atom. The van der Waals surface area contributed by atoms with E-state index in [4.69, 9.17) is 23.2 Å². The molecule has 0 N–H and O–H groups in total. The molecule has 2 rings (SSSR count). The number of fused-ring (bicyclic) bond motifs is 1. The predicted octanol–water partition coefficient (Wildman–Crippen LogP) is 3.55. The van der Waals surface area contributed by atoms with E-state index >= 15 is 0 Å². The third-order valence-electron chi connectivity index (χ3n) is 2.33. The first kappa shape index (κ1) is 11.1. The van der Waals surface area contributed by atoms with E-state index in [1.54, 1.807) is 30.3 Å². The summed E-state index contributed by atoms with van der Waals surface area (Å²) in [5.41, 5.74) is 1.87. The van der Waals surface area contributed by atoms with E-state index in [2.05, 4.69) is 0 Å². The standard InChI is InChI=1S/C12H6Cl2O2/c13-11(15)9-6-10(12(14)16)8-5-3-1-2-4-7(8)9/h1-6H. The van der Waals surface area contributed by atoms with Gasteiger partial charge < -0.3 is 0 Å². The Kier molecular flexibility index (Phi) is 2.95. The molecule has 80 valence electrons. The minimum absolute atomic E-state index is 0.303. The summed E-state index contributed by atoms with van der Waals surface area (Å²) in [6.07, 6.45) is 0. The van der Waals surface area contributed by atoms with E-state index in [-0.39, 0.29) is 0 Å². The van der Waals surface area contributed by atoms with Crippen LogP contribution in [0.2, 0.25) is 0 Å². The lowest BCUT2D eigenvalue weighted by molar-refractivity contribution is 0.107. The van der Waals surface area contributed by atoms with Crippen LogP contribution < -0.4 is 0 Å². The van der Waals surface area contributed by atoms with Gasteiger partial charge in [-0.05, 0) is 40.4 Å². The molecular formula is C12H6Cl2O2. The summed E-state index contributed by atoms with van der Waals surface area (Å²) in [6, 6.07) is 10.2. The summed E-state index contributed by atoms with van der Waals surface area (Å²) in [5.74, 6) is 0. The molecule has 0 saturated carbocycles. The summed E-state index contributed by atoms with van der Waals surface area (Å²) in [5, 5.41) is -1.19. The third kappa shape index (κ3) is 1.82. The molecule has 0 fully saturated rings. The Balaban J connectivity index is 2.79. The summed E-state index contributed by atoms with van der Waals surface area (Å²) in [7, 11) is 0. The maximum Gasteiger partial charge on any atom is 0.253 e. The van der Waals surface area contributed by atoms with Gasteiger partial charge in [0, 0.05) is 11.1 Å². The predicted molar refractivity (Wildman–Crippen MR) is 63.4 cm³/mol. The number of carbonyl (C=O) groups excluding carboxylic acids is 2. The first-order chi connectivity index (χ1) is 7.61. The van der Waals surface area contributed by atoms with E-state index < -0.39 is 10.5 Å². The van der Waals surface area contributed by atoms with Gasteiger partial charge in [0.05, 0.1) is 0 Å². The lowest BCUT2D eigenvalue weighted by Crippen LogP contribution is -1.85. The van der Waals surface area contributed by atoms with Crippen molar-refractivity contribution in [1.82, 2.24) is 0 Å². The van der Waals surface area contributed by atoms with Crippen LogP contribution in [0.5, 0.6) is 0 Å². The van der Waals surface area contributed by atoms with Gasteiger partial charge in [0.2, 0.25) is 0 Å². The van der Waals surface area contributed by atoms with Gasteiger partial charge in [0.15, 0.2) is 0 Å². The summed E-state index contributed by atoms with van der Waals surface area (Å²) < 4.78 is 0. The lowest BCUT2D eigenvalue weighted by atomic mass is 10.1. The quantitative estimate of drug-likeness (QED) is 0.767. The molecule has 0 aromatic rings. The van der Waals surface area contributed by atoms with Crippen LogP contribution in [0.15, 0.2) is 36.4 Å². The Hall–Kier alpha value is -1.38. The van der Waals surface area contributed by atoms with Gasteiger partial charge in [-0.25, -0.2) is 0 Å². The second kappa shape index (κ2) is 4.24. The van der Waals surface area contributed by atoms with Gasteiger partial charge in [-0.15, -0.1) is 0 Å². The maximum absolute atomic E-state index is 11.2. The van der Waals surface area contributed by atoms with Crippen molar-refractivity contribution in [3.8, 4) is 11.1 Å². The summed E-state index contributed by atoms with van der Waals surface area (Å²) in [6.45, 7) is 0. The molecule has 0 atom stereocenters. The van der Waals surface area contributed by atoms with Crippen molar-refractivity contribution in [2.45, 2.75) is 0 Å². The van der Waals surface area contributed by atoms with Gasteiger partial charge in [-0.2, -0.15) is 0 Å². The molecule has 0 saturated heterocycles. The zero-order valence-electron chi connectivity index (χ0n) is 8.04. The molecule has 0 bridgehead atoms. The number of rotatable bonds is 2. The zero-order valence-corrected chi connectivity index (χ0v) is 9.55. The molecule has 0 amide bonds. The van der Waals surface area contributed by atoms with Crippen molar-refractivity contribution in [2.24, 2.45) is 0 Å². The van der Waals surface area contributed by atoms with Crippen molar-refractivity contribution in [2.75, 3.05) is 0 Å². The van der Waals surface area contributed by atoms with Gasteiger partial charge in [0.1, 0.15) is 0 Å². The van der Waals surface area contributed by atoms with E-state index in [1.165, 1.54) is 6.07 Å². The van der Waals surface area contributed by atoms with Crippen LogP contribution in [0.25, 0.3) is 11.1 Å². The van der Waals surface area contributed by atoms with Crippen molar-refractivity contribution in [1.29, 1.82) is 0 Å². The molecule has 0 aromatic heterocycles. The highest BCUT2D eigenvalue weighted by Gasteiger charge is 2.21. The van der Waals surface area contributed by atoms with Crippen molar-refractivity contribution in [3.63, 3.8) is 0 Å². The van der Waals surface area contributed by atoms with Crippen LogP contribution in [0.4, 0.5) is 0 Å². The normalized spacial score (nSPS) is 10.4. The van der Waals surface area contributed by atoms with E-state index in [9.17, 15) is 9.59 Å². The SMILES string of the molecule is O=C(Cl)c1cc(C(=O)Cl)c2cccccc1-2. The third-order valence-corrected chi connectivity index (χ3v) is 2.74. The fourth-order valence-corrected chi connectivity index (χ4v) is 1.95. The molecule has 0 heterocycles. The highest BCUT2D eigenvalue weighted by atomic mass is 35.5. The maximum atomic E-state index is 11.2. The molecule has 16 heavy (non-hydrogen) atoms. The van der Waals surface area contributed by atoms with Crippen LogP contribution in [-0.4, -0.2) is 10.5 Å². The molecule has 0 unspecified atom stereocenters. The Bertz CT molecular complexity index is 503. The Morgan fingerprint density at radius 2 is 1.25 bits per heavy atom. The van der Waals surface area contributed by atoms with Gasteiger partial charge in [-0.3, -0.25) is 9.59 Å². The second-order valence-electron chi connectivity index (χ2n) is 3.26. The molecule has 2 aliphatic carbocycles. The fraction of sp³-hybridized carbons (Fsp3) is 0. The minimum Gasteiger partial charge on any atom is -0.276 e. The zero-order chi connectivity index (χ0) is 11.7. The fourth-order valence-electron chi connectivity index (χ4n) is 1.64. The van der Waals surface area contributed by atoms with Gasteiger partial charge in [0.25, 0.3) is 10.5 Å². The van der Waals surface area contributed by atoms with E-state index in [0.717, 1.165) is 0 Å². The number of hydrogen-bond acceptors (Lipinski definition) is 2. The molecular weight excluding hydrogens is 247 g/mol. The number of halogens is 2. The van der Waals surface area contributed by atoms with Gasteiger partial charge >= 0.3 is 0 Å². The number of hydrogen-bond donors (Lipinski definition) is 0. The molecule has 0 spiro atoms. The largest absolute Gasteiger partial charge is 0.276 e. The first-order valence-electron chi connectivity index (χ1n) is 4.52. The second-order valence-corrected chi connectivity index (χ2v) is 3.94. The molecule has 0 radical (unpaired) electrons. The highest BCUT2D eigenvalue weighted by molar-refractivity contribution is 6.70. The molecule has 2 nitrogen and oxygen atoms in total. The minimum atomic E-state index is -0.597. The molecule has 0 aromatic carbocycles.